The summed E-state index contributed by atoms with van der Waals surface area (Å²) in [5.41, 5.74) is 0.282. The van der Waals surface area contributed by atoms with Gasteiger partial charge in [-0.05, 0) is 0 Å². The Bertz CT molecular complexity index is 94.2. The van der Waals surface area contributed by atoms with Gasteiger partial charge in [0.2, 0.25) is 0 Å². The van der Waals surface area contributed by atoms with Gasteiger partial charge in [-0.1, -0.05) is 0 Å². The normalized spacial score (nSPS) is 13.3. The first kappa shape index (κ1) is 10.9. The average Bonchev–Trinajstić information content (AvgIpc) is 1.59. The molecule has 1 nitrogen and oxygen atoms in total. The van der Waals surface area contributed by atoms with Gasteiger partial charge in [0, 0.05) is 0 Å². The molecule has 0 radical (unpaired) electrons. The zero-order valence-electron chi connectivity index (χ0n) is 7.28. The third-order valence-corrected chi connectivity index (χ3v) is 2.98. The molecular formula is C6H17BBrOP. The van der Waals surface area contributed by atoms with Crippen molar-refractivity contribution in [1.82, 2.24) is 0 Å². The zero-order valence-corrected chi connectivity index (χ0v) is 9.86. The van der Waals surface area contributed by atoms with Crippen LogP contribution in [0, 0.1) is 0 Å². The predicted octanol–water partition coefficient (Wildman–Crippen LogP) is 2.85. The molecule has 62 valence electrons. The van der Waals surface area contributed by atoms with Crippen LogP contribution in [0.2, 0.25) is 6.32 Å². The van der Waals surface area contributed by atoms with E-state index in [4.69, 9.17) is 4.44 Å². The van der Waals surface area contributed by atoms with Crippen molar-refractivity contribution in [1.29, 1.82) is 0 Å². The van der Waals surface area contributed by atoms with Gasteiger partial charge in [0.15, 0.2) is 0 Å². The summed E-state index contributed by atoms with van der Waals surface area (Å²) in [4.78, 5) is 0. The molecular weight excluding hydrogens is 210 g/mol. The topological polar surface area (TPSA) is 9.23 Å². The molecule has 0 spiro atoms. The summed E-state index contributed by atoms with van der Waals surface area (Å²) in [6.07, 6.45) is 2.30. The van der Waals surface area contributed by atoms with E-state index < -0.39 is 7.49 Å². The maximum absolute atomic E-state index is 5.73. The van der Waals surface area contributed by atoms with E-state index in [9.17, 15) is 0 Å². The van der Waals surface area contributed by atoms with E-state index in [0.717, 1.165) is 6.32 Å². The summed E-state index contributed by atoms with van der Waals surface area (Å²) in [6, 6.07) is 0. The number of halogens is 1. The van der Waals surface area contributed by atoms with E-state index in [0.29, 0.717) is 0 Å². The minimum atomic E-state index is -1.30. The first-order valence-electron chi connectivity index (χ1n) is 3.77. The first-order valence-corrected chi connectivity index (χ1v) is 8.10. The molecule has 0 rings (SSSR count). The van der Waals surface area contributed by atoms with Crippen LogP contribution in [0.4, 0.5) is 0 Å². The summed E-state index contributed by atoms with van der Waals surface area (Å²) in [5.74, 6) is 0. The van der Waals surface area contributed by atoms with Crippen molar-refractivity contribution in [3.05, 3.63) is 0 Å². The molecule has 10 heavy (non-hydrogen) atoms. The molecule has 0 aromatic rings. The molecule has 0 fully saturated rings. The van der Waals surface area contributed by atoms with Crippen molar-refractivity contribution in [2.24, 2.45) is 0 Å². The van der Waals surface area contributed by atoms with Gasteiger partial charge in [-0.2, -0.15) is 0 Å². The Kier molecular flexibility index (Phi) is 5.18. The van der Waals surface area contributed by atoms with Crippen molar-refractivity contribution in [3.8, 4) is 0 Å². The fourth-order valence-corrected chi connectivity index (χ4v) is 3.69. The van der Waals surface area contributed by atoms with Crippen LogP contribution in [0.15, 0.2) is 0 Å². The molecule has 0 heterocycles. The Labute approximate surface area is 73.4 Å². The van der Waals surface area contributed by atoms with Gasteiger partial charge in [-0.25, -0.2) is 0 Å². The molecule has 4 heteroatoms. The second-order valence-corrected chi connectivity index (χ2v) is 8.91. The van der Waals surface area contributed by atoms with Crippen molar-refractivity contribution < 1.29 is 4.44 Å². The molecule has 0 bridgehead atoms. The van der Waals surface area contributed by atoms with E-state index in [2.05, 4.69) is 42.7 Å². The molecule has 0 aliphatic heterocycles. The van der Waals surface area contributed by atoms with Crippen LogP contribution in [-0.4, -0.2) is 25.7 Å². The molecule has 0 saturated heterocycles. The first-order chi connectivity index (χ1) is 4.45. The third-order valence-electron chi connectivity index (χ3n) is 0.997. The van der Waals surface area contributed by atoms with Gasteiger partial charge >= 0.3 is 73.1 Å². The monoisotopic (exact) mass is 226 g/mol. The van der Waals surface area contributed by atoms with E-state index in [-0.39, 0.29) is 5.74 Å². The van der Waals surface area contributed by atoms with Gasteiger partial charge in [0.05, 0.1) is 0 Å². The van der Waals surface area contributed by atoms with Crippen LogP contribution in [0.5, 0.6) is 0 Å². The molecule has 0 unspecified atom stereocenters. The van der Waals surface area contributed by atoms with E-state index in [1.807, 2.05) is 0 Å². The Morgan fingerprint density at radius 3 is 2.20 bits per heavy atom. The standard InChI is InChI=1S/C6H17BBrOP/c1-5-6-7(8)9-10(2,3)4/h10H,5-6H2,1-4H3. The summed E-state index contributed by atoms with van der Waals surface area (Å²) < 4.78 is 5.73. The summed E-state index contributed by atoms with van der Waals surface area (Å²) >= 11 is 3.49. The van der Waals surface area contributed by atoms with Crippen molar-refractivity contribution in [3.63, 3.8) is 0 Å². The van der Waals surface area contributed by atoms with Crippen LogP contribution >= 0.6 is 23.2 Å². The third kappa shape index (κ3) is 7.05. The van der Waals surface area contributed by atoms with Crippen LogP contribution in [0.3, 0.4) is 0 Å². The zero-order chi connectivity index (χ0) is 8.20. The summed E-state index contributed by atoms with van der Waals surface area (Å²) in [5, 5.41) is 0. The molecule has 0 atom stereocenters. The van der Waals surface area contributed by atoms with Crippen LogP contribution in [0.1, 0.15) is 13.3 Å². The van der Waals surface area contributed by atoms with Crippen LogP contribution in [-0.2, 0) is 4.44 Å². The Morgan fingerprint density at radius 2 is 1.90 bits per heavy atom. The quantitative estimate of drug-likeness (QED) is 0.529. The summed E-state index contributed by atoms with van der Waals surface area (Å²) in [7, 11) is -1.30. The molecule has 0 saturated carbocycles. The molecule has 0 amide bonds. The van der Waals surface area contributed by atoms with Gasteiger partial charge in [-0.15, -0.1) is 0 Å². The van der Waals surface area contributed by atoms with Gasteiger partial charge < -0.3 is 0 Å². The number of hydrogen-bond acceptors (Lipinski definition) is 1. The Hall–Kier alpha value is 0.935. The molecule has 0 aromatic heterocycles. The van der Waals surface area contributed by atoms with E-state index >= 15 is 0 Å². The number of hydrogen-bond donors (Lipinski definition) is 0. The maximum atomic E-state index is 5.73. The second kappa shape index (κ2) is 4.74. The molecule has 0 aromatic carbocycles. The van der Waals surface area contributed by atoms with Crippen LogP contribution in [0.25, 0.3) is 0 Å². The number of rotatable bonds is 4. The fraction of sp³-hybridized carbons (Fsp3) is 1.00. The average molecular weight is 227 g/mol. The van der Waals surface area contributed by atoms with Crippen molar-refractivity contribution >= 4 is 29.0 Å². The molecule has 0 aliphatic carbocycles. The van der Waals surface area contributed by atoms with Gasteiger partial charge in [0.25, 0.3) is 0 Å². The Balaban J connectivity index is 3.47. The predicted molar refractivity (Wildman–Crippen MR) is 57.0 cm³/mol. The van der Waals surface area contributed by atoms with Gasteiger partial charge in [0.1, 0.15) is 0 Å². The molecule has 0 N–H and O–H groups in total. The fourth-order valence-electron chi connectivity index (χ4n) is 0.670. The SMILES string of the molecule is CCCB(Br)O[PH](C)(C)C. The minimum absolute atomic E-state index is 0.282. The van der Waals surface area contributed by atoms with Crippen LogP contribution < -0.4 is 0 Å². The van der Waals surface area contributed by atoms with Crippen molar-refractivity contribution in [2.45, 2.75) is 19.7 Å². The Morgan fingerprint density at radius 1 is 1.40 bits per heavy atom. The van der Waals surface area contributed by atoms with E-state index in [1.165, 1.54) is 6.42 Å². The van der Waals surface area contributed by atoms with E-state index in [1.54, 1.807) is 0 Å². The van der Waals surface area contributed by atoms with Gasteiger partial charge in [-0.3, -0.25) is 0 Å². The van der Waals surface area contributed by atoms with Crippen molar-refractivity contribution in [2.75, 3.05) is 20.0 Å². The molecule has 0 aliphatic rings. The second-order valence-electron chi connectivity index (χ2n) is 3.43. The summed E-state index contributed by atoms with van der Waals surface area (Å²) in [6.45, 7) is 8.78.